The second-order valence-electron chi connectivity index (χ2n) is 4.63. The number of rotatable bonds is 3. The van der Waals surface area contributed by atoms with Crippen LogP contribution >= 0.6 is 31.9 Å². The lowest BCUT2D eigenvalue weighted by atomic mass is 9.95. The van der Waals surface area contributed by atoms with E-state index in [1.807, 2.05) is 25.1 Å². The molecule has 1 nitrogen and oxygen atoms in total. The third-order valence-corrected chi connectivity index (χ3v) is 4.30. The Morgan fingerprint density at radius 3 is 2.50 bits per heavy atom. The molecule has 20 heavy (non-hydrogen) atoms. The van der Waals surface area contributed by atoms with Crippen LogP contribution in [0.15, 0.2) is 39.3 Å². The van der Waals surface area contributed by atoms with Crippen LogP contribution in [0.5, 0.6) is 0 Å². The Kier molecular flexibility index (Phi) is 4.94. The van der Waals surface area contributed by atoms with Gasteiger partial charge in [-0.1, -0.05) is 22.0 Å². The van der Waals surface area contributed by atoms with Crippen LogP contribution in [0, 0.1) is 18.6 Å². The zero-order valence-electron chi connectivity index (χ0n) is 10.8. The van der Waals surface area contributed by atoms with Gasteiger partial charge in [0.25, 0.3) is 0 Å². The van der Waals surface area contributed by atoms with Crippen LogP contribution in [0.1, 0.15) is 22.7 Å². The first-order valence-corrected chi connectivity index (χ1v) is 7.62. The Labute approximate surface area is 133 Å². The van der Waals surface area contributed by atoms with Crippen LogP contribution in [-0.4, -0.2) is 0 Å². The molecule has 1 atom stereocenters. The first kappa shape index (κ1) is 15.6. The van der Waals surface area contributed by atoms with Crippen LogP contribution < -0.4 is 5.73 Å². The molecule has 5 heteroatoms. The van der Waals surface area contributed by atoms with Gasteiger partial charge < -0.3 is 5.73 Å². The van der Waals surface area contributed by atoms with Gasteiger partial charge in [-0.15, -0.1) is 0 Å². The molecule has 106 valence electrons. The SMILES string of the molecule is Cc1cc(Br)ccc1C(N)Cc1c(F)ccc(Br)c1F. The Bertz CT molecular complexity index is 644. The first-order chi connectivity index (χ1) is 9.40. The number of nitrogens with two attached hydrogens (primary N) is 1. The molecule has 2 aromatic rings. The maximum Gasteiger partial charge on any atom is 0.143 e. The summed E-state index contributed by atoms with van der Waals surface area (Å²) in [6.07, 6.45) is 0.111. The summed E-state index contributed by atoms with van der Waals surface area (Å²) in [5, 5.41) is 0. The fraction of sp³-hybridized carbons (Fsp3) is 0.200. The molecular formula is C15H13Br2F2N. The summed E-state index contributed by atoms with van der Waals surface area (Å²) in [7, 11) is 0. The maximum atomic E-state index is 14.0. The van der Waals surface area contributed by atoms with Gasteiger partial charge in [-0.25, -0.2) is 8.78 Å². The van der Waals surface area contributed by atoms with Crippen LogP contribution in [0.3, 0.4) is 0 Å². The average molecular weight is 405 g/mol. The number of hydrogen-bond acceptors (Lipinski definition) is 1. The van der Waals surface area contributed by atoms with Gasteiger partial charge >= 0.3 is 0 Å². The summed E-state index contributed by atoms with van der Waals surface area (Å²) in [6.45, 7) is 1.92. The molecule has 0 saturated carbocycles. The molecule has 0 aliphatic carbocycles. The van der Waals surface area contributed by atoms with E-state index in [0.29, 0.717) is 0 Å². The Hall–Kier alpha value is -0.780. The Balaban J connectivity index is 2.32. The highest BCUT2D eigenvalue weighted by molar-refractivity contribution is 9.10. The molecule has 0 heterocycles. The third-order valence-electron chi connectivity index (χ3n) is 3.19. The molecule has 0 aromatic heterocycles. The van der Waals surface area contributed by atoms with E-state index in [9.17, 15) is 8.78 Å². The quantitative estimate of drug-likeness (QED) is 0.712. The summed E-state index contributed by atoms with van der Waals surface area (Å²) in [5.74, 6) is -1.16. The summed E-state index contributed by atoms with van der Waals surface area (Å²) in [4.78, 5) is 0. The molecule has 0 spiro atoms. The zero-order chi connectivity index (χ0) is 14.9. The van der Waals surface area contributed by atoms with Crippen molar-refractivity contribution in [3.63, 3.8) is 0 Å². The second kappa shape index (κ2) is 6.33. The van der Waals surface area contributed by atoms with Crippen molar-refractivity contribution in [2.75, 3.05) is 0 Å². The lowest BCUT2D eigenvalue weighted by Crippen LogP contribution is -2.16. The molecule has 2 aromatic carbocycles. The van der Waals surface area contributed by atoms with Gasteiger partial charge in [0.1, 0.15) is 11.6 Å². The van der Waals surface area contributed by atoms with Crippen LogP contribution in [0.2, 0.25) is 0 Å². The molecule has 0 radical (unpaired) electrons. The number of halogens is 4. The van der Waals surface area contributed by atoms with Gasteiger partial charge in [0.15, 0.2) is 0 Å². The van der Waals surface area contributed by atoms with Crippen molar-refractivity contribution < 1.29 is 8.78 Å². The van der Waals surface area contributed by atoms with Crippen molar-refractivity contribution in [3.8, 4) is 0 Å². The fourth-order valence-corrected chi connectivity index (χ4v) is 2.99. The highest BCUT2D eigenvalue weighted by Gasteiger charge is 2.17. The van der Waals surface area contributed by atoms with Crippen molar-refractivity contribution in [1.29, 1.82) is 0 Å². The monoisotopic (exact) mass is 403 g/mol. The zero-order valence-corrected chi connectivity index (χ0v) is 13.9. The smallest absolute Gasteiger partial charge is 0.143 e. The summed E-state index contributed by atoms with van der Waals surface area (Å²) in [6, 6.07) is 7.81. The minimum absolute atomic E-state index is 0.00851. The van der Waals surface area contributed by atoms with Gasteiger partial charge in [0.05, 0.1) is 4.47 Å². The van der Waals surface area contributed by atoms with Gasteiger partial charge in [0.2, 0.25) is 0 Å². The van der Waals surface area contributed by atoms with Crippen molar-refractivity contribution in [1.82, 2.24) is 0 Å². The largest absolute Gasteiger partial charge is 0.324 e. The topological polar surface area (TPSA) is 26.0 Å². The summed E-state index contributed by atoms with van der Waals surface area (Å²) in [5.41, 5.74) is 7.98. The van der Waals surface area contributed by atoms with Crippen LogP contribution in [-0.2, 0) is 6.42 Å². The predicted octanol–water partition coefficient (Wildman–Crippen LogP) is 5.04. The van der Waals surface area contributed by atoms with E-state index in [1.54, 1.807) is 0 Å². The fourth-order valence-electron chi connectivity index (χ4n) is 2.14. The summed E-state index contributed by atoms with van der Waals surface area (Å²) >= 11 is 6.44. The van der Waals surface area contributed by atoms with Crippen molar-refractivity contribution >= 4 is 31.9 Å². The lowest BCUT2D eigenvalue weighted by Gasteiger charge is -2.16. The molecule has 0 bridgehead atoms. The van der Waals surface area contributed by atoms with E-state index in [2.05, 4.69) is 31.9 Å². The molecule has 0 saturated heterocycles. The maximum absolute atomic E-state index is 14.0. The van der Waals surface area contributed by atoms with E-state index >= 15 is 0 Å². The predicted molar refractivity (Wildman–Crippen MR) is 83.6 cm³/mol. The van der Waals surface area contributed by atoms with E-state index < -0.39 is 17.7 Å². The third kappa shape index (κ3) is 3.27. The lowest BCUT2D eigenvalue weighted by molar-refractivity contribution is 0.535. The van der Waals surface area contributed by atoms with E-state index in [4.69, 9.17) is 5.73 Å². The highest BCUT2D eigenvalue weighted by atomic mass is 79.9. The summed E-state index contributed by atoms with van der Waals surface area (Å²) < 4.78 is 28.9. The molecule has 0 fully saturated rings. The van der Waals surface area contributed by atoms with Crippen LogP contribution in [0.25, 0.3) is 0 Å². The molecule has 0 aliphatic heterocycles. The minimum atomic E-state index is -0.588. The Morgan fingerprint density at radius 2 is 1.85 bits per heavy atom. The van der Waals surface area contributed by atoms with Crippen molar-refractivity contribution in [3.05, 3.63) is 67.6 Å². The average Bonchev–Trinajstić information content (AvgIpc) is 2.39. The molecule has 1 unspecified atom stereocenters. The number of hydrogen-bond donors (Lipinski definition) is 1. The first-order valence-electron chi connectivity index (χ1n) is 6.04. The van der Waals surface area contributed by atoms with Gasteiger partial charge in [0, 0.05) is 16.1 Å². The minimum Gasteiger partial charge on any atom is -0.324 e. The van der Waals surface area contributed by atoms with Gasteiger partial charge in [-0.2, -0.15) is 0 Å². The van der Waals surface area contributed by atoms with E-state index in [1.165, 1.54) is 12.1 Å². The standard InChI is InChI=1S/C15H13Br2F2N/c1-8-6-9(16)2-3-10(8)14(20)7-11-13(18)5-4-12(17)15(11)19/h2-6,14H,7,20H2,1H3. The second-order valence-corrected chi connectivity index (χ2v) is 6.40. The number of aryl methyl sites for hydroxylation is 1. The number of benzene rings is 2. The normalized spacial score (nSPS) is 12.5. The highest BCUT2D eigenvalue weighted by Crippen LogP contribution is 2.27. The van der Waals surface area contributed by atoms with Crippen molar-refractivity contribution in [2.24, 2.45) is 5.73 Å². The molecule has 2 rings (SSSR count). The van der Waals surface area contributed by atoms with E-state index in [0.717, 1.165) is 15.6 Å². The van der Waals surface area contributed by atoms with Crippen molar-refractivity contribution in [2.45, 2.75) is 19.4 Å². The molecule has 2 N–H and O–H groups in total. The van der Waals surface area contributed by atoms with E-state index in [-0.39, 0.29) is 16.5 Å². The molecule has 0 aliphatic rings. The van der Waals surface area contributed by atoms with Gasteiger partial charge in [-0.3, -0.25) is 0 Å². The van der Waals surface area contributed by atoms with Gasteiger partial charge in [-0.05, 0) is 64.7 Å². The molecular weight excluding hydrogens is 392 g/mol. The van der Waals surface area contributed by atoms with Crippen LogP contribution in [0.4, 0.5) is 8.78 Å². The molecule has 0 amide bonds. The Morgan fingerprint density at radius 1 is 1.15 bits per heavy atom.